The van der Waals surface area contributed by atoms with Gasteiger partial charge in [-0.25, -0.2) is 0 Å². The molecular weight excluding hydrogens is 222 g/mol. The molecule has 2 aliphatic rings. The third kappa shape index (κ3) is 3.46. The summed E-state index contributed by atoms with van der Waals surface area (Å²) < 4.78 is 0. The van der Waals surface area contributed by atoms with Gasteiger partial charge in [0.25, 0.3) is 0 Å². The van der Waals surface area contributed by atoms with Crippen LogP contribution >= 0.6 is 0 Å². The molecule has 2 rings (SSSR count). The van der Waals surface area contributed by atoms with Crippen molar-refractivity contribution in [2.24, 2.45) is 11.7 Å². The Morgan fingerprint density at radius 2 is 1.78 bits per heavy atom. The molecule has 0 spiro atoms. The number of nitrogens with two attached hydrogens (primary N) is 1. The van der Waals surface area contributed by atoms with Gasteiger partial charge in [-0.15, -0.1) is 0 Å². The SMILES string of the molecule is CCCC1CCC(N)C(N2CCN(CC)CC2)C1. The van der Waals surface area contributed by atoms with Crippen molar-refractivity contribution in [3.8, 4) is 0 Å². The zero-order valence-electron chi connectivity index (χ0n) is 12.3. The summed E-state index contributed by atoms with van der Waals surface area (Å²) in [4.78, 5) is 5.23. The van der Waals surface area contributed by atoms with E-state index in [0.717, 1.165) is 5.92 Å². The first-order valence-electron chi connectivity index (χ1n) is 7.96. The number of rotatable bonds is 4. The molecule has 0 aromatic heterocycles. The first kappa shape index (κ1) is 14.3. The Morgan fingerprint density at radius 3 is 2.39 bits per heavy atom. The second kappa shape index (κ2) is 6.88. The second-order valence-corrected chi connectivity index (χ2v) is 6.17. The van der Waals surface area contributed by atoms with Crippen LogP contribution in [-0.2, 0) is 0 Å². The van der Waals surface area contributed by atoms with Crippen molar-refractivity contribution in [2.75, 3.05) is 32.7 Å². The van der Waals surface area contributed by atoms with Gasteiger partial charge in [0.15, 0.2) is 0 Å². The summed E-state index contributed by atoms with van der Waals surface area (Å²) in [5, 5.41) is 0. The molecule has 1 saturated heterocycles. The third-order valence-electron chi connectivity index (χ3n) is 5.00. The molecule has 1 aliphatic heterocycles. The molecule has 0 amide bonds. The highest BCUT2D eigenvalue weighted by molar-refractivity contribution is 4.91. The number of piperazine rings is 1. The average Bonchev–Trinajstić information content (AvgIpc) is 2.41. The summed E-state index contributed by atoms with van der Waals surface area (Å²) in [5.41, 5.74) is 6.38. The lowest BCUT2D eigenvalue weighted by molar-refractivity contribution is 0.0569. The van der Waals surface area contributed by atoms with Crippen molar-refractivity contribution in [3.63, 3.8) is 0 Å². The zero-order valence-corrected chi connectivity index (χ0v) is 12.3. The molecule has 18 heavy (non-hydrogen) atoms. The van der Waals surface area contributed by atoms with Crippen molar-refractivity contribution in [1.29, 1.82) is 0 Å². The van der Waals surface area contributed by atoms with E-state index in [1.165, 1.54) is 64.8 Å². The van der Waals surface area contributed by atoms with E-state index in [-0.39, 0.29) is 0 Å². The van der Waals surface area contributed by atoms with Gasteiger partial charge in [0.2, 0.25) is 0 Å². The maximum absolute atomic E-state index is 6.38. The molecule has 1 heterocycles. The molecule has 1 aliphatic carbocycles. The van der Waals surface area contributed by atoms with Crippen molar-refractivity contribution >= 4 is 0 Å². The van der Waals surface area contributed by atoms with E-state index in [0.29, 0.717) is 12.1 Å². The highest BCUT2D eigenvalue weighted by atomic mass is 15.3. The Morgan fingerprint density at radius 1 is 1.06 bits per heavy atom. The fourth-order valence-corrected chi connectivity index (χ4v) is 3.76. The standard InChI is InChI=1S/C15H31N3/c1-3-5-13-6-7-14(16)15(12-13)18-10-8-17(4-2)9-11-18/h13-15H,3-12,16H2,1-2H3. The predicted molar refractivity (Wildman–Crippen MR) is 77.7 cm³/mol. The Kier molecular flexibility index (Phi) is 5.46. The molecule has 3 unspecified atom stereocenters. The Labute approximate surface area is 113 Å². The van der Waals surface area contributed by atoms with Crippen LogP contribution in [0.2, 0.25) is 0 Å². The van der Waals surface area contributed by atoms with E-state index in [9.17, 15) is 0 Å². The van der Waals surface area contributed by atoms with Crippen LogP contribution in [0.4, 0.5) is 0 Å². The minimum absolute atomic E-state index is 0.422. The summed E-state index contributed by atoms with van der Waals surface area (Å²) >= 11 is 0. The van der Waals surface area contributed by atoms with Gasteiger partial charge in [-0.1, -0.05) is 26.7 Å². The first-order valence-corrected chi connectivity index (χ1v) is 7.96. The maximum Gasteiger partial charge on any atom is 0.0250 e. The van der Waals surface area contributed by atoms with Gasteiger partial charge in [-0.2, -0.15) is 0 Å². The van der Waals surface area contributed by atoms with E-state index >= 15 is 0 Å². The van der Waals surface area contributed by atoms with Gasteiger partial charge in [0, 0.05) is 38.3 Å². The normalized spacial score (nSPS) is 35.8. The number of hydrogen-bond acceptors (Lipinski definition) is 3. The summed E-state index contributed by atoms with van der Waals surface area (Å²) in [6.07, 6.45) is 6.68. The Balaban J connectivity index is 1.86. The van der Waals surface area contributed by atoms with Crippen LogP contribution in [0.25, 0.3) is 0 Å². The highest BCUT2D eigenvalue weighted by Gasteiger charge is 2.33. The predicted octanol–water partition coefficient (Wildman–Crippen LogP) is 1.92. The molecule has 0 bridgehead atoms. The fourth-order valence-electron chi connectivity index (χ4n) is 3.76. The molecule has 3 heteroatoms. The van der Waals surface area contributed by atoms with E-state index in [1.807, 2.05) is 0 Å². The first-order chi connectivity index (χ1) is 8.74. The van der Waals surface area contributed by atoms with Crippen molar-refractivity contribution in [3.05, 3.63) is 0 Å². The summed E-state index contributed by atoms with van der Waals surface area (Å²) in [5.74, 6) is 0.934. The summed E-state index contributed by atoms with van der Waals surface area (Å²) in [6.45, 7) is 10.7. The van der Waals surface area contributed by atoms with E-state index in [4.69, 9.17) is 5.73 Å². The Hall–Kier alpha value is -0.120. The number of likely N-dealkylation sites (N-methyl/N-ethyl adjacent to an activating group) is 1. The van der Waals surface area contributed by atoms with Crippen LogP contribution < -0.4 is 5.73 Å². The molecule has 3 atom stereocenters. The summed E-state index contributed by atoms with van der Waals surface area (Å²) in [6, 6.07) is 1.08. The molecule has 3 nitrogen and oxygen atoms in total. The molecule has 0 aromatic rings. The zero-order chi connectivity index (χ0) is 13.0. The maximum atomic E-state index is 6.38. The van der Waals surface area contributed by atoms with E-state index in [2.05, 4.69) is 23.6 Å². The molecule has 0 radical (unpaired) electrons. The minimum atomic E-state index is 0.422. The largest absolute Gasteiger partial charge is 0.326 e. The van der Waals surface area contributed by atoms with Crippen molar-refractivity contribution in [2.45, 2.75) is 58.0 Å². The van der Waals surface area contributed by atoms with Crippen molar-refractivity contribution < 1.29 is 0 Å². The monoisotopic (exact) mass is 253 g/mol. The van der Waals surface area contributed by atoms with Crippen LogP contribution in [0.15, 0.2) is 0 Å². The highest BCUT2D eigenvalue weighted by Crippen LogP contribution is 2.30. The lowest BCUT2D eigenvalue weighted by Gasteiger charge is -2.45. The summed E-state index contributed by atoms with van der Waals surface area (Å²) in [7, 11) is 0. The topological polar surface area (TPSA) is 32.5 Å². The van der Waals surface area contributed by atoms with Crippen LogP contribution in [-0.4, -0.2) is 54.6 Å². The fraction of sp³-hybridized carbons (Fsp3) is 1.00. The molecule has 1 saturated carbocycles. The quantitative estimate of drug-likeness (QED) is 0.831. The van der Waals surface area contributed by atoms with Gasteiger partial charge in [0.05, 0.1) is 0 Å². The van der Waals surface area contributed by atoms with Gasteiger partial charge in [0.1, 0.15) is 0 Å². The molecule has 2 N–H and O–H groups in total. The smallest absolute Gasteiger partial charge is 0.0250 e. The van der Waals surface area contributed by atoms with Crippen LogP contribution in [0.1, 0.15) is 46.0 Å². The van der Waals surface area contributed by atoms with Crippen LogP contribution in [0, 0.1) is 5.92 Å². The van der Waals surface area contributed by atoms with E-state index in [1.54, 1.807) is 0 Å². The van der Waals surface area contributed by atoms with Crippen LogP contribution in [0.5, 0.6) is 0 Å². The van der Waals surface area contributed by atoms with Gasteiger partial charge in [-0.3, -0.25) is 4.90 Å². The minimum Gasteiger partial charge on any atom is -0.326 e. The van der Waals surface area contributed by atoms with Crippen molar-refractivity contribution in [1.82, 2.24) is 9.80 Å². The molecular formula is C15H31N3. The second-order valence-electron chi connectivity index (χ2n) is 6.17. The number of hydrogen-bond donors (Lipinski definition) is 1. The third-order valence-corrected chi connectivity index (χ3v) is 5.00. The van der Waals surface area contributed by atoms with Crippen LogP contribution in [0.3, 0.4) is 0 Å². The Bertz CT molecular complexity index is 236. The lowest BCUT2D eigenvalue weighted by Crippen LogP contribution is -2.57. The molecule has 0 aromatic carbocycles. The number of nitrogens with zero attached hydrogens (tertiary/aromatic N) is 2. The van der Waals surface area contributed by atoms with Gasteiger partial charge < -0.3 is 10.6 Å². The average molecular weight is 253 g/mol. The van der Waals surface area contributed by atoms with Gasteiger partial charge in [-0.05, 0) is 31.7 Å². The molecule has 106 valence electrons. The lowest BCUT2D eigenvalue weighted by atomic mass is 9.79. The molecule has 2 fully saturated rings. The van der Waals surface area contributed by atoms with Gasteiger partial charge >= 0.3 is 0 Å². The van der Waals surface area contributed by atoms with E-state index < -0.39 is 0 Å².